The fourth-order valence-corrected chi connectivity index (χ4v) is 2.34. The van der Waals surface area contributed by atoms with E-state index in [1.54, 1.807) is 12.4 Å². The predicted octanol–water partition coefficient (Wildman–Crippen LogP) is 3.32. The normalized spacial score (nSPS) is 10.9. The van der Waals surface area contributed by atoms with Crippen LogP contribution in [0.15, 0.2) is 22.9 Å². The van der Waals surface area contributed by atoms with E-state index in [9.17, 15) is 0 Å². The first-order valence-electron chi connectivity index (χ1n) is 5.74. The first-order valence-corrected chi connectivity index (χ1v) is 6.54. The minimum Gasteiger partial charge on any atom is -0.383 e. The fourth-order valence-electron chi connectivity index (χ4n) is 1.71. The van der Waals surface area contributed by atoms with Crippen LogP contribution in [0.25, 0.3) is 11.4 Å². The van der Waals surface area contributed by atoms with E-state index in [2.05, 4.69) is 44.7 Å². The monoisotopic (exact) mass is 306 g/mol. The molecule has 0 aromatic carbocycles. The summed E-state index contributed by atoms with van der Waals surface area (Å²) in [6.45, 7) is 6.14. The lowest BCUT2D eigenvalue weighted by Gasteiger charge is -2.12. The molecule has 4 nitrogen and oxygen atoms in total. The second-order valence-corrected chi connectivity index (χ2v) is 5.27. The van der Waals surface area contributed by atoms with Gasteiger partial charge in [0.2, 0.25) is 0 Å². The zero-order chi connectivity index (χ0) is 13.3. The molecule has 0 unspecified atom stereocenters. The minimum atomic E-state index is 0.283. The van der Waals surface area contributed by atoms with Gasteiger partial charge in [0.25, 0.3) is 0 Å². The Hall–Kier alpha value is -1.49. The van der Waals surface area contributed by atoms with Crippen molar-refractivity contribution in [3.63, 3.8) is 0 Å². The molecule has 94 valence electrons. The molecule has 18 heavy (non-hydrogen) atoms. The summed E-state index contributed by atoms with van der Waals surface area (Å²) in [7, 11) is 0. The Morgan fingerprint density at radius 1 is 1.28 bits per heavy atom. The number of anilines is 1. The Kier molecular flexibility index (Phi) is 3.61. The third-order valence-corrected chi connectivity index (χ3v) is 3.52. The molecule has 0 atom stereocenters. The number of nitrogen functional groups attached to an aromatic ring is 1. The van der Waals surface area contributed by atoms with Crippen LogP contribution in [0.4, 0.5) is 5.82 Å². The molecule has 0 bridgehead atoms. The van der Waals surface area contributed by atoms with Crippen LogP contribution in [0.3, 0.4) is 0 Å². The summed E-state index contributed by atoms with van der Waals surface area (Å²) in [6.07, 6.45) is 3.53. The fraction of sp³-hybridized carbons (Fsp3) is 0.308. The van der Waals surface area contributed by atoms with Crippen molar-refractivity contribution in [2.45, 2.75) is 26.7 Å². The smallest absolute Gasteiger partial charge is 0.162 e. The minimum absolute atomic E-state index is 0.283. The number of hydrogen-bond donors (Lipinski definition) is 1. The molecule has 0 spiro atoms. The standard InChI is InChI=1S/C13H15BrN4/c1-7(2)11-10(14)12(15)18-13(17-11)9-4-5-16-6-8(9)3/h4-7H,1-3H3,(H2,15,17,18). The highest BCUT2D eigenvalue weighted by atomic mass is 79.9. The molecule has 2 aromatic rings. The van der Waals surface area contributed by atoms with E-state index in [1.165, 1.54) is 0 Å². The molecule has 5 heteroatoms. The molecule has 0 aliphatic heterocycles. The molecule has 2 aromatic heterocycles. The lowest BCUT2D eigenvalue weighted by Crippen LogP contribution is -2.04. The maximum Gasteiger partial charge on any atom is 0.162 e. The number of pyridine rings is 1. The van der Waals surface area contributed by atoms with Gasteiger partial charge in [-0.2, -0.15) is 0 Å². The van der Waals surface area contributed by atoms with Gasteiger partial charge in [-0.15, -0.1) is 0 Å². The molecule has 0 aliphatic rings. The van der Waals surface area contributed by atoms with Crippen molar-refractivity contribution < 1.29 is 0 Å². The number of hydrogen-bond acceptors (Lipinski definition) is 4. The summed E-state index contributed by atoms with van der Waals surface area (Å²) in [5, 5.41) is 0. The van der Waals surface area contributed by atoms with Crippen molar-refractivity contribution in [2.75, 3.05) is 5.73 Å². The molecule has 2 rings (SSSR count). The number of aromatic nitrogens is 3. The third kappa shape index (κ3) is 2.36. The van der Waals surface area contributed by atoms with Gasteiger partial charge in [0.15, 0.2) is 5.82 Å². The Bertz CT molecular complexity index is 581. The highest BCUT2D eigenvalue weighted by Crippen LogP contribution is 2.30. The van der Waals surface area contributed by atoms with E-state index >= 15 is 0 Å². The number of rotatable bonds is 2. The molecule has 0 radical (unpaired) electrons. The van der Waals surface area contributed by atoms with Crippen LogP contribution in [-0.4, -0.2) is 15.0 Å². The van der Waals surface area contributed by atoms with Crippen molar-refractivity contribution in [3.05, 3.63) is 34.2 Å². The van der Waals surface area contributed by atoms with Crippen molar-refractivity contribution in [1.82, 2.24) is 15.0 Å². The summed E-state index contributed by atoms with van der Waals surface area (Å²) < 4.78 is 0.785. The zero-order valence-electron chi connectivity index (χ0n) is 10.6. The topological polar surface area (TPSA) is 64.7 Å². The molecule has 0 aliphatic carbocycles. The third-order valence-electron chi connectivity index (χ3n) is 2.71. The van der Waals surface area contributed by atoms with Crippen LogP contribution >= 0.6 is 15.9 Å². The second-order valence-electron chi connectivity index (χ2n) is 4.48. The van der Waals surface area contributed by atoms with Crippen LogP contribution in [0, 0.1) is 6.92 Å². The van der Waals surface area contributed by atoms with Gasteiger partial charge >= 0.3 is 0 Å². The van der Waals surface area contributed by atoms with E-state index in [0.717, 1.165) is 21.3 Å². The maximum absolute atomic E-state index is 5.93. The van der Waals surface area contributed by atoms with Gasteiger partial charge in [0.1, 0.15) is 5.82 Å². The first kappa shape index (κ1) is 13.0. The molecule has 0 saturated carbocycles. The highest BCUT2D eigenvalue weighted by Gasteiger charge is 2.15. The van der Waals surface area contributed by atoms with Crippen molar-refractivity contribution >= 4 is 21.7 Å². The van der Waals surface area contributed by atoms with Gasteiger partial charge in [0.05, 0.1) is 10.2 Å². The van der Waals surface area contributed by atoms with Gasteiger partial charge in [-0.1, -0.05) is 13.8 Å². The van der Waals surface area contributed by atoms with Crippen molar-refractivity contribution in [2.24, 2.45) is 0 Å². The first-order chi connectivity index (χ1) is 8.50. The van der Waals surface area contributed by atoms with E-state index in [-0.39, 0.29) is 5.92 Å². The van der Waals surface area contributed by atoms with Gasteiger partial charge in [0, 0.05) is 18.0 Å². The zero-order valence-corrected chi connectivity index (χ0v) is 12.2. The Morgan fingerprint density at radius 2 is 2.00 bits per heavy atom. The predicted molar refractivity (Wildman–Crippen MR) is 76.2 cm³/mol. The van der Waals surface area contributed by atoms with E-state index < -0.39 is 0 Å². The molecule has 2 heterocycles. The van der Waals surface area contributed by atoms with Gasteiger partial charge in [-0.05, 0) is 40.4 Å². The van der Waals surface area contributed by atoms with Crippen molar-refractivity contribution in [1.29, 1.82) is 0 Å². The van der Waals surface area contributed by atoms with E-state index in [0.29, 0.717) is 11.6 Å². The van der Waals surface area contributed by atoms with Crippen LogP contribution in [0.2, 0.25) is 0 Å². The van der Waals surface area contributed by atoms with Crippen LogP contribution in [-0.2, 0) is 0 Å². The SMILES string of the molecule is Cc1cnccc1-c1nc(N)c(Br)c(C(C)C)n1. The molecule has 2 N–H and O–H groups in total. The number of nitrogens with two attached hydrogens (primary N) is 1. The molecule has 0 saturated heterocycles. The number of aryl methyl sites for hydroxylation is 1. The molecule has 0 fully saturated rings. The summed E-state index contributed by atoms with van der Waals surface area (Å²) in [5.41, 5.74) is 8.86. The molecular formula is C13H15BrN4. The summed E-state index contributed by atoms with van der Waals surface area (Å²) in [6, 6.07) is 1.90. The average molecular weight is 307 g/mol. The molecule has 0 amide bonds. The van der Waals surface area contributed by atoms with E-state index in [4.69, 9.17) is 5.73 Å². The lowest BCUT2D eigenvalue weighted by molar-refractivity contribution is 0.811. The Balaban J connectivity index is 2.63. The van der Waals surface area contributed by atoms with Crippen LogP contribution in [0.1, 0.15) is 31.0 Å². The average Bonchev–Trinajstić information content (AvgIpc) is 2.33. The number of halogens is 1. The van der Waals surface area contributed by atoms with E-state index in [1.807, 2.05) is 13.0 Å². The Labute approximate surface area is 115 Å². The maximum atomic E-state index is 5.93. The second kappa shape index (κ2) is 5.02. The summed E-state index contributed by atoms with van der Waals surface area (Å²) in [4.78, 5) is 13.0. The number of nitrogens with zero attached hydrogens (tertiary/aromatic N) is 3. The quantitative estimate of drug-likeness (QED) is 0.924. The van der Waals surface area contributed by atoms with Crippen molar-refractivity contribution in [3.8, 4) is 11.4 Å². The van der Waals surface area contributed by atoms with Gasteiger partial charge < -0.3 is 5.73 Å². The molecular weight excluding hydrogens is 292 g/mol. The van der Waals surface area contributed by atoms with Crippen LogP contribution in [0.5, 0.6) is 0 Å². The largest absolute Gasteiger partial charge is 0.383 e. The van der Waals surface area contributed by atoms with Gasteiger partial charge in [-0.25, -0.2) is 9.97 Å². The highest BCUT2D eigenvalue weighted by molar-refractivity contribution is 9.10. The lowest BCUT2D eigenvalue weighted by atomic mass is 10.1. The Morgan fingerprint density at radius 3 is 2.61 bits per heavy atom. The van der Waals surface area contributed by atoms with Gasteiger partial charge in [-0.3, -0.25) is 4.98 Å². The van der Waals surface area contributed by atoms with Crippen LogP contribution < -0.4 is 5.73 Å². The summed E-state index contributed by atoms with van der Waals surface area (Å²) in [5.74, 6) is 1.41. The summed E-state index contributed by atoms with van der Waals surface area (Å²) >= 11 is 3.44.